The first-order valence-corrected chi connectivity index (χ1v) is 3.35. The molecule has 0 rings (SSSR count). The highest BCUT2D eigenvalue weighted by Crippen LogP contribution is 2.04. The number of halogens is 1. The summed E-state index contributed by atoms with van der Waals surface area (Å²) in [6.07, 6.45) is 7.66. The predicted molar refractivity (Wildman–Crippen MR) is 37.9 cm³/mol. The fourth-order valence-corrected chi connectivity index (χ4v) is 0.653. The van der Waals surface area contributed by atoms with E-state index < -0.39 is 6.17 Å². The molecule has 0 saturated carbocycles. The third kappa shape index (κ3) is 7.49. The number of terminal acetylenes is 1. The Labute approximate surface area is 56.5 Å². The van der Waals surface area contributed by atoms with Gasteiger partial charge in [0.1, 0.15) is 0 Å². The monoisotopic (exact) mass is 128 g/mol. The van der Waals surface area contributed by atoms with E-state index >= 15 is 0 Å². The van der Waals surface area contributed by atoms with Crippen molar-refractivity contribution in [2.45, 2.75) is 38.8 Å². The van der Waals surface area contributed by atoms with Crippen LogP contribution >= 0.6 is 0 Å². The highest BCUT2D eigenvalue weighted by Gasteiger charge is 1.95. The van der Waals surface area contributed by atoms with Crippen molar-refractivity contribution in [1.82, 2.24) is 0 Å². The fraction of sp³-hybridized carbons (Fsp3) is 0.750. The largest absolute Gasteiger partial charge is 0.248 e. The Morgan fingerprint density at radius 2 is 2.22 bits per heavy atom. The van der Waals surface area contributed by atoms with Crippen molar-refractivity contribution in [2.75, 3.05) is 0 Å². The SMILES string of the molecule is C#CCCCCC(C)F. The van der Waals surface area contributed by atoms with E-state index in [9.17, 15) is 4.39 Å². The van der Waals surface area contributed by atoms with E-state index in [0.29, 0.717) is 6.42 Å². The summed E-state index contributed by atoms with van der Waals surface area (Å²) in [6.45, 7) is 1.58. The van der Waals surface area contributed by atoms with Crippen LogP contribution in [0.2, 0.25) is 0 Å². The second kappa shape index (κ2) is 5.62. The van der Waals surface area contributed by atoms with Gasteiger partial charge in [-0.25, -0.2) is 4.39 Å². The van der Waals surface area contributed by atoms with Crippen LogP contribution in [-0.2, 0) is 0 Å². The molecule has 0 heterocycles. The molecule has 0 aliphatic carbocycles. The first kappa shape index (κ1) is 8.49. The van der Waals surface area contributed by atoms with E-state index in [-0.39, 0.29) is 0 Å². The molecule has 0 saturated heterocycles. The molecule has 0 aromatic carbocycles. The zero-order valence-corrected chi connectivity index (χ0v) is 5.86. The van der Waals surface area contributed by atoms with Crippen molar-refractivity contribution >= 4 is 0 Å². The quantitative estimate of drug-likeness (QED) is 0.403. The summed E-state index contributed by atoms with van der Waals surface area (Å²) in [5, 5.41) is 0. The highest BCUT2D eigenvalue weighted by atomic mass is 19.1. The zero-order valence-electron chi connectivity index (χ0n) is 5.86. The van der Waals surface area contributed by atoms with Crippen molar-refractivity contribution in [1.29, 1.82) is 0 Å². The Kier molecular flexibility index (Phi) is 5.30. The number of unbranched alkanes of at least 4 members (excludes halogenated alkanes) is 2. The molecular weight excluding hydrogens is 115 g/mol. The van der Waals surface area contributed by atoms with Gasteiger partial charge in [0.2, 0.25) is 0 Å². The minimum absolute atomic E-state index is 0.654. The molecule has 0 fully saturated rings. The first-order chi connectivity index (χ1) is 4.27. The lowest BCUT2D eigenvalue weighted by molar-refractivity contribution is 0.332. The van der Waals surface area contributed by atoms with Gasteiger partial charge in [-0.3, -0.25) is 0 Å². The minimum atomic E-state index is -0.664. The molecule has 0 aromatic heterocycles. The minimum Gasteiger partial charge on any atom is -0.248 e. The third-order valence-electron chi connectivity index (χ3n) is 1.17. The topological polar surface area (TPSA) is 0 Å². The smallest absolute Gasteiger partial charge is 0.0973 e. The van der Waals surface area contributed by atoms with E-state index in [4.69, 9.17) is 6.42 Å². The standard InChI is InChI=1S/C8H13F/c1-3-4-5-6-7-8(2)9/h1,8H,4-7H2,2H3. The molecule has 0 bridgehead atoms. The average molecular weight is 128 g/mol. The van der Waals surface area contributed by atoms with Gasteiger partial charge in [0, 0.05) is 6.42 Å². The van der Waals surface area contributed by atoms with Gasteiger partial charge in [-0.1, -0.05) is 0 Å². The molecule has 1 heteroatoms. The molecule has 1 unspecified atom stereocenters. The molecule has 0 nitrogen and oxygen atoms in total. The Balaban J connectivity index is 2.85. The second-order valence-corrected chi connectivity index (χ2v) is 2.23. The number of rotatable bonds is 4. The van der Waals surface area contributed by atoms with Crippen LogP contribution in [0.4, 0.5) is 4.39 Å². The lowest BCUT2D eigenvalue weighted by Crippen LogP contribution is -1.90. The zero-order chi connectivity index (χ0) is 7.11. The molecule has 0 aliphatic heterocycles. The molecule has 1 atom stereocenters. The molecule has 9 heavy (non-hydrogen) atoms. The van der Waals surface area contributed by atoms with Gasteiger partial charge < -0.3 is 0 Å². The second-order valence-electron chi connectivity index (χ2n) is 2.23. The summed E-state index contributed by atoms with van der Waals surface area (Å²) in [4.78, 5) is 0. The summed E-state index contributed by atoms with van der Waals surface area (Å²) in [5.74, 6) is 2.52. The summed E-state index contributed by atoms with van der Waals surface area (Å²) < 4.78 is 12.1. The average Bonchev–Trinajstić information content (AvgIpc) is 1.80. The van der Waals surface area contributed by atoms with Gasteiger partial charge >= 0.3 is 0 Å². The van der Waals surface area contributed by atoms with Gasteiger partial charge in [0.15, 0.2) is 0 Å². The van der Waals surface area contributed by atoms with Gasteiger partial charge in [-0.15, -0.1) is 12.3 Å². The van der Waals surface area contributed by atoms with Gasteiger partial charge in [0.05, 0.1) is 6.17 Å². The van der Waals surface area contributed by atoms with Crippen LogP contribution < -0.4 is 0 Å². The van der Waals surface area contributed by atoms with E-state index in [1.165, 1.54) is 0 Å². The van der Waals surface area contributed by atoms with Crippen LogP contribution in [0.5, 0.6) is 0 Å². The molecule has 0 N–H and O–H groups in total. The Bertz CT molecular complexity index is 89.2. The van der Waals surface area contributed by atoms with Gasteiger partial charge in [-0.05, 0) is 26.2 Å². The van der Waals surface area contributed by atoms with Crippen LogP contribution in [0.1, 0.15) is 32.6 Å². The first-order valence-electron chi connectivity index (χ1n) is 3.35. The maximum absolute atomic E-state index is 12.1. The highest BCUT2D eigenvalue weighted by molar-refractivity contribution is 4.82. The molecule has 0 radical (unpaired) electrons. The molecule has 0 aromatic rings. The Morgan fingerprint density at radius 1 is 1.56 bits per heavy atom. The maximum Gasteiger partial charge on any atom is 0.0973 e. The van der Waals surface area contributed by atoms with Gasteiger partial charge in [0.25, 0.3) is 0 Å². The lowest BCUT2D eigenvalue weighted by Gasteiger charge is -1.97. The normalized spacial score (nSPS) is 12.6. The number of hydrogen-bond donors (Lipinski definition) is 0. The lowest BCUT2D eigenvalue weighted by atomic mass is 10.1. The van der Waals surface area contributed by atoms with Crippen LogP contribution in [0.25, 0.3) is 0 Å². The van der Waals surface area contributed by atoms with Gasteiger partial charge in [-0.2, -0.15) is 0 Å². The molecule has 0 amide bonds. The number of alkyl halides is 1. The van der Waals surface area contributed by atoms with Crippen LogP contribution in [0.15, 0.2) is 0 Å². The van der Waals surface area contributed by atoms with Crippen molar-refractivity contribution in [3.05, 3.63) is 0 Å². The predicted octanol–water partition coefficient (Wildman–Crippen LogP) is 2.54. The van der Waals surface area contributed by atoms with Crippen molar-refractivity contribution in [3.63, 3.8) is 0 Å². The molecule has 0 aliphatic rings. The van der Waals surface area contributed by atoms with E-state index in [2.05, 4.69) is 5.92 Å². The van der Waals surface area contributed by atoms with E-state index in [1.54, 1.807) is 6.92 Å². The van der Waals surface area contributed by atoms with E-state index in [1.807, 2.05) is 0 Å². The fourth-order valence-electron chi connectivity index (χ4n) is 0.653. The Morgan fingerprint density at radius 3 is 2.67 bits per heavy atom. The summed E-state index contributed by atoms with van der Waals surface area (Å²) in [6, 6.07) is 0. The van der Waals surface area contributed by atoms with Crippen molar-refractivity contribution in [2.24, 2.45) is 0 Å². The molecule has 0 spiro atoms. The molecular formula is C8H13F. The summed E-state index contributed by atoms with van der Waals surface area (Å²) >= 11 is 0. The molecule has 52 valence electrons. The summed E-state index contributed by atoms with van der Waals surface area (Å²) in [7, 11) is 0. The Hall–Kier alpha value is -0.510. The maximum atomic E-state index is 12.1. The third-order valence-corrected chi connectivity index (χ3v) is 1.17. The van der Waals surface area contributed by atoms with Crippen LogP contribution in [-0.4, -0.2) is 6.17 Å². The summed E-state index contributed by atoms with van der Waals surface area (Å²) in [5.41, 5.74) is 0. The van der Waals surface area contributed by atoms with Crippen molar-refractivity contribution in [3.8, 4) is 12.3 Å². The van der Waals surface area contributed by atoms with Crippen molar-refractivity contribution < 1.29 is 4.39 Å². The number of hydrogen-bond acceptors (Lipinski definition) is 0. The van der Waals surface area contributed by atoms with Crippen LogP contribution in [0.3, 0.4) is 0 Å². The van der Waals surface area contributed by atoms with Crippen LogP contribution in [0, 0.1) is 12.3 Å². The van der Waals surface area contributed by atoms with E-state index in [0.717, 1.165) is 19.3 Å².